The van der Waals surface area contributed by atoms with Crippen LogP contribution < -0.4 is 0 Å². The minimum atomic E-state index is -3.51. The molecule has 0 unspecified atom stereocenters. The minimum Gasteiger partial charge on any atom is -0.438 e. The molecule has 98 valence electrons. The fourth-order valence-corrected chi connectivity index (χ4v) is 2.26. The molecule has 1 atom stereocenters. The van der Waals surface area contributed by atoms with E-state index in [1.165, 1.54) is 32.2 Å². The molecule has 0 N–H and O–H groups in total. The molecule has 18 heavy (non-hydrogen) atoms. The second-order valence-corrected chi connectivity index (χ2v) is 5.30. The zero-order chi connectivity index (χ0) is 13.6. The van der Waals surface area contributed by atoms with Gasteiger partial charge < -0.3 is 9.47 Å². The summed E-state index contributed by atoms with van der Waals surface area (Å²) in [5, 5.41) is 1.01. The van der Waals surface area contributed by atoms with Crippen LogP contribution in [-0.2, 0) is 19.3 Å². The standard InChI is InChI=1S/C12H14O5S/c1-10(17-12(13)16-2)8-9-18(14,15)11-6-4-3-5-7-11/h3-10H,1-2H3/b9-8+/t10-/m0/s1. The molecule has 0 radical (unpaired) electrons. The van der Waals surface area contributed by atoms with Gasteiger partial charge in [-0.25, -0.2) is 13.2 Å². The molecule has 5 nitrogen and oxygen atoms in total. The Morgan fingerprint density at radius 2 is 1.89 bits per heavy atom. The predicted molar refractivity (Wildman–Crippen MR) is 65.7 cm³/mol. The van der Waals surface area contributed by atoms with Crippen molar-refractivity contribution in [2.24, 2.45) is 0 Å². The number of carbonyl (C=O) groups is 1. The number of rotatable bonds is 4. The third kappa shape index (κ3) is 4.21. The summed E-state index contributed by atoms with van der Waals surface area (Å²) in [6.07, 6.45) is -0.264. The smallest absolute Gasteiger partial charge is 0.438 e. The fraction of sp³-hybridized carbons (Fsp3) is 0.250. The number of hydrogen-bond acceptors (Lipinski definition) is 5. The van der Waals surface area contributed by atoms with Crippen molar-refractivity contribution in [3.8, 4) is 0 Å². The van der Waals surface area contributed by atoms with E-state index in [9.17, 15) is 13.2 Å². The summed E-state index contributed by atoms with van der Waals surface area (Å²) in [4.78, 5) is 11.0. The van der Waals surface area contributed by atoms with Crippen molar-refractivity contribution in [3.05, 3.63) is 41.8 Å². The summed E-state index contributed by atoms with van der Waals surface area (Å²) in [5.41, 5.74) is 0. The summed E-state index contributed by atoms with van der Waals surface area (Å²) < 4.78 is 32.7. The van der Waals surface area contributed by atoms with E-state index in [1.807, 2.05) is 0 Å². The van der Waals surface area contributed by atoms with Crippen molar-refractivity contribution < 1.29 is 22.7 Å². The fourth-order valence-electron chi connectivity index (χ4n) is 1.14. The highest BCUT2D eigenvalue weighted by atomic mass is 32.2. The van der Waals surface area contributed by atoms with E-state index in [4.69, 9.17) is 4.74 Å². The van der Waals surface area contributed by atoms with Crippen LogP contribution in [-0.4, -0.2) is 27.8 Å². The lowest BCUT2D eigenvalue weighted by atomic mass is 10.4. The molecular weight excluding hydrogens is 256 g/mol. The van der Waals surface area contributed by atoms with E-state index in [2.05, 4.69) is 4.74 Å². The van der Waals surface area contributed by atoms with E-state index in [1.54, 1.807) is 18.2 Å². The van der Waals surface area contributed by atoms with Gasteiger partial charge in [0.15, 0.2) is 9.84 Å². The highest BCUT2D eigenvalue weighted by molar-refractivity contribution is 7.94. The summed E-state index contributed by atoms with van der Waals surface area (Å²) in [5.74, 6) is 0. The van der Waals surface area contributed by atoms with E-state index >= 15 is 0 Å². The Morgan fingerprint density at radius 3 is 2.44 bits per heavy atom. The van der Waals surface area contributed by atoms with Gasteiger partial charge in [-0.05, 0) is 25.1 Å². The lowest BCUT2D eigenvalue weighted by Crippen LogP contribution is -2.12. The number of carbonyl (C=O) groups excluding carboxylic acids is 1. The van der Waals surface area contributed by atoms with Gasteiger partial charge in [0.2, 0.25) is 0 Å². The van der Waals surface area contributed by atoms with Crippen LogP contribution in [0.4, 0.5) is 4.79 Å². The van der Waals surface area contributed by atoms with Gasteiger partial charge in [0.25, 0.3) is 0 Å². The number of methoxy groups -OCH3 is 1. The number of ether oxygens (including phenoxy) is 2. The van der Waals surface area contributed by atoms with Crippen LogP contribution in [0, 0.1) is 0 Å². The van der Waals surface area contributed by atoms with Crippen molar-refractivity contribution in [2.75, 3.05) is 7.11 Å². The Balaban J connectivity index is 2.75. The molecular formula is C12H14O5S. The van der Waals surface area contributed by atoms with Crippen molar-refractivity contribution in [1.29, 1.82) is 0 Å². The molecule has 0 saturated carbocycles. The molecule has 0 heterocycles. The monoisotopic (exact) mass is 270 g/mol. The third-order valence-electron chi connectivity index (χ3n) is 2.05. The topological polar surface area (TPSA) is 69.7 Å². The summed E-state index contributed by atoms with van der Waals surface area (Å²) in [7, 11) is -2.33. The summed E-state index contributed by atoms with van der Waals surface area (Å²) in [6, 6.07) is 7.98. The second-order valence-electron chi connectivity index (χ2n) is 3.46. The second kappa shape index (κ2) is 6.20. The Kier molecular flexibility index (Phi) is 4.91. The highest BCUT2D eigenvalue weighted by Gasteiger charge is 2.11. The highest BCUT2D eigenvalue weighted by Crippen LogP contribution is 2.11. The van der Waals surface area contributed by atoms with E-state index in [-0.39, 0.29) is 4.90 Å². The molecule has 1 aromatic carbocycles. The molecule has 0 bridgehead atoms. The molecule has 0 fully saturated rings. The molecule has 0 aliphatic carbocycles. The molecule has 0 spiro atoms. The molecule has 0 aliphatic heterocycles. The molecule has 0 saturated heterocycles. The molecule has 1 rings (SSSR count). The van der Waals surface area contributed by atoms with E-state index in [0.717, 1.165) is 5.41 Å². The summed E-state index contributed by atoms with van der Waals surface area (Å²) in [6.45, 7) is 1.54. The first kappa shape index (κ1) is 14.2. The quantitative estimate of drug-likeness (QED) is 0.784. The van der Waals surface area contributed by atoms with Crippen LogP contribution in [0.2, 0.25) is 0 Å². The van der Waals surface area contributed by atoms with Crippen molar-refractivity contribution in [2.45, 2.75) is 17.9 Å². The van der Waals surface area contributed by atoms with E-state index in [0.29, 0.717) is 0 Å². The zero-order valence-corrected chi connectivity index (χ0v) is 10.9. The normalized spacial score (nSPS) is 13.2. The largest absolute Gasteiger partial charge is 0.508 e. The van der Waals surface area contributed by atoms with Crippen molar-refractivity contribution in [3.63, 3.8) is 0 Å². The van der Waals surface area contributed by atoms with Crippen LogP contribution in [0.15, 0.2) is 46.7 Å². The van der Waals surface area contributed by atoms with Gasteiger partial charge in [-0.3, -0.25) is 0 Å². The van der Waals surface area contributed by atoms with Crippen LogP contribution >= 0.6 is 0 Å². The Hall–Kier alpha value is -1.82. The maximum Gasteiger partial charge on any atom is 0.508 e. The van der Waals surface area contributed by atoms with E-state index < -0.39 is 22.1 Å². The number of benzene rings is 1. The van der Waals surface area contributed by atoms with Crippen molar-refractivity contribution in [1.82, 2.24) is 0 Å². The first-order valence-corrected chi connectivity index (χ1v) is 6.73. The predicted octanol–water partition coefficient (Wildman–Crippen LogP) is 2.15. The molecule has 0 amide bonds. The van der Waals surface area contributed by atoms with Crippen LogP contribution in [0.3, 0.4) is 0 Å². The van der Waals surface area contributed by atoms with Gasteiger partial charge in [-0.15, -0.1) is 0 Å². The Labute approximate surface area is 106 Å². The van der Waals surface area contributed by atoms with Crippen LogP contribution in [0.5, 0.6) is 0 Å². The zero-order valence-electron chi connectivity index (χ0n) is 10.1. The Morgan fingerprint density at radius 1 is 1.28 bits per heavy atom. The van der Waals surface area contributed by atoms with Gasteiger partial charge >= 0.3 is 6.16 Å². The molecule has 0 aromatic heterocycles. The third-order valence-corrected chi connectivity index (χ3v) is 3.49. The maximum atomic E-state index is 11.8. The number of sulfone groups is 1. The first-order chi connectivity index (χ1) is 8.45. The summed E-state index contributed by atoms with van der Waals surface area (Å²) >= 11 is 0. The average molecular weight is 270 g/mol. The van der Waals surface area contributed by atoms with Gasteiger partial charge in [0.1, 0.15) is 6.10 Å². The first-order valence-electron chi connectivity index (χ1n) is 5.18. The SMILES string of the molecule is COC(=O)O[C@@H](C)/C=C/S(=O)(=O)c1ccccc1. The van der Waals surface area contributed by atoms with Gasteiger partial charge in [0, 0.05) is 5.41 Å². The maximum absolute atomic E-state index is 11.8. The van der Waals surface area contributed by atoms with Crippen LogP contribution in [0.1, 0.15) is 6.92 Å². The molecule has 0 aliphatic rings. The van der Waals surface area contributed by atoms with Gasteiger partial charge in [-0.1, -0.05) is 18.2 Å². The average Bonchev–Trinajstić information content (AvgIpc) is 2.37. The van der Waals surface area contributed by atoms with Gasteiger partial charge in [0.05, 0.1) is 12.0 Å². The molecule has 6 heteroatoms. The lowest BCUT2D eigenvalue weighted by molar-refractivity contribution is 0.0579. The van der Waals surface area contributed by atoms with Gasteiger partial charge in [-0.2, -0.15) is 0 Å². The number of hydrogen-bond donors (Lipinski definition) is 0. The lowest BCUT2D eigenvalue weighted by Gasteiger charge is -2.07. The minimum absolute atomic E-state index is 0.187. The van der Waals surface area contributed by atoms with Crippen molar-refractivity contribution >= 4 is 16.0 Å². The Bertz CT molecular complexity index is 519. The molecule has 1 aromatic rings. The van der Waals surface area contributed by atoms with Crippen LogP contribution in [0.25, 0.3) is 0 Å².